The fourth-order valence-electron chi connectivity index (χ4n) is 10.1. The molecule has 2 aliphatic heterocycles. The zero-order valence-corrected chi connectivity index (χ0v) is 38.9. The van der Waals surface area contributed by atoms with Crippen LogP contribution in [0.4, 0.5) is 51.2 Å². The van der Waals surface area contributed by atoms with Crippen molar-refractivity contribution in [1.29, 1.82) is 0 Å². The van der Waals surface area contributed by atoms with Crippen molar-refractivity contribution >= 4 is 106 Å². The molecule has 4 nitrogen and oxygen atoms in total. The van der Waals surface area contributed by atoms with Gasteiger partial charge in [0.1, 0.15) is 11.5 Å². The average Bonchev–Trinajstić information content (AvgIpc) is 3.70. The molecule has 318 valence electrons. The Morgan fingerprint density at radius 2 is 0.955 bits per heavy atom. The second kappa shape index (κ2) is 15.6. The Kier molecular flexibility index (Phi) is 9.44. The smallest absolute Gasteiger partial charge is 0.256 e. The van der Waals surface area contributed by atoms with Gasteiger partial charge < -0.3 is 19.4 Å². The second-order valence-electron chi connectivity index (χ2n) is 18.3. The molecule has 0 saturated heterocycles. The maximum absolute atomic E-state index is 7.81. The van der Waals surface area contributed by atoms with Gasteiger partial charge in [-0.2, -0.15) is 0 Å². The number of nitrogens with zero attached hydrogens (tertiary/aromatic N) is 3. The lowest BCUT2D eigenvalue weighted by Crippen LogP contribution is -2.59. The van der Waals surface area contributed by atoms with Crippen LogP contribution >= 0.6 is 11.3 Å². The third kappa shape index (κ3) is 6.58. The molecule has 0 saturated carbocycles. The number of anilines is 9. The molecule has 2 aliphatic rings. The molecule has 6 heteroatoms. The highest BCUT2D eigenvalue weighted by Crippen LogP contribution is 2.53. The maximum Gasteiger partial charge on any atom is 0.256 e. The summed E-state index contributed by atoms with van der Waals surface area (Å²) in [7, 11) is 0. The fourth-order valence-corrected chi connectivity index (χ4v) is 11.3. The monoisotopic (exact) mass is 869 g/mol. The predicted molar refractivity (Wildman–Crippen MR) is 283 cm³/mol. The van der Waals surface area contributed by atoms with E-state index in [0.717, 1.165) is 57.0 Å². The SMILES string of the molecule is Cc1ccc(N(c2ccc(C)cc2)c2cc3c4c(c2)N(c2ccc(C)cc2)c2ccc(C)cc2B4c2cc4sc5ccccc5c4c(N(c4ccc(C)cc4)c4ccc(C)cc4)c2O3)cc1. The molecule has 0 spiro atoms. The van der Waals surface area contributed by atoms with Gasteiger partial charge >= 0.3 is 0 Å². The van der Waals surface area contributed by atoms with Gasteiger partial charge in [-0.15, -0.1) is 11.3 Å². The van der Waals surface area contributed by atoms with Crippen molar-refractivity contribution in [3.05, 3.63) is 215 Å². The minimum absolute atomic E-state index is 0.122. The minimum atomic E-state index is -0.122. The molecule has 12 rings (SSSR count). The van der Waals surface area contributed by atoms with Crippen LogP contribution in [0.1, 0.15) is 33.4 Å². The van der Waals surface area contributed by atoms with Gasteiger partial charge in [-0.05, 0) is 143 Å². The van der Waals surface area contributed by atoms with E-state index in [1.165, 1.54) is 75.6 Å². The molecular formula is C60H48BN3OS. The van der Waals surface area contributed by atoms with Crippen LogP contribution in [0.5, 0.6) is 11.5 Å². The van der Waals surface area contributed by atoms with E-state index >= 15 is 0 Å². The Labute approximate surface area is 391 Å². The van der Waals surface area contributed by atoms with Gasteiger partial charge in [0.05, 0.1) is 11.4 Å². The third-order valence-electron chi connectivity index (χ3n) is 13.5. The van der Waals surface area contributed by atoms with E-state index < -0.39 is 0 Å². The van der Waals surface area contributed by atoms with Crippen LogP contribution in [0.25, 0.3) is 20.2 Å². The third-order valence-corrected chi connectivity index (χ3v) is 14.6. The van der Waals surface area contributed by atoms with Crippen molar-refractivity contribution in [2.24, 2.45) is 0 Å². The van der Waals surface area contributed by atoms with Gasteiger partial charge in [0.15, 0.2) is 0 Å². The van der Waals surface area contributed by atoms with Crippen LogP contribution in [0.15, 0.2) is 182 Å². The number of thiophene rings is 1. The highest BCUT2D eigenvalue weighted by molar-refractivity contribution is 7.26. The van der Waals surface area contributed by atoms with E-state index in [1.54, 1.807) is 0 Å². The number of aryl methyl sites for hydroxylation is 6. The molecule has 0 aliphatic carbocycles. The standard InChI is InChI=1S/C60H48BN3OS/c1-37-11-22-43(23-12-37)62(44-24-13-38(2)14-25-44)48-34-53-58-54(35-48)65-60-51(61(58)50-33-42(6)21-32-52(50)64(53)47-30-19-41(5)20-31-47)36-56-57(49-9-7-8-10-55(49)66-56)59(60)63(45-26-15-39(3)16-27-45)46-28-17-40(4)18-29-46/h7-36H,1-6H3. The molecule has 0 N–H and O–H groups in total. The Morgan fingerprint density at radius 1 is 0.439 bits per heavy atom. The van der Waals surface area contributed by atoms with E-state index in [2.05, 4.69) is 238 Å². The number of ether oxygens (including phenoxy) is 1. The van der Waals surface area contributed by atoms with Crippen molar-refractivity contribution in [1.82, 2.24) is 0 Å². The summed E-state index contributed by atoms with van der Waals surface area (Å²) in [6.45, 7) is 12.9. The van der Waals surface area contributed by atoms with Crippen molar-refractivity contribution in [3.8, 4) is 11.5 Å². The molecule has 0 bridgehead atoms. The normalized spacial score (nSPS) is 12.5. The molecule has 0 fully saturated rings. The maximum atomic E-state index is 7.81. The van der Waals surface area contributed by atoms with Gasteiger partial charge in [0.25, 0.3) is 6.71 Å². The van der Waals surface area contributed by atoms with Gasteiger partial charge in [-0.1, -0.05) is 124 Å². The number of rotatable bonds is 7. The number of fused-ring (bicyclic) bond motifs is 7. The topological polar surface area (TPSA) is 19.0 Å². The highest BCUT2D eigenvalue weighted by Gasteiger charge is 2.45. The van der Waals surface area contributed by atoms with Gasteiger partial charge in [0, 0.05) is 66.1 Å². The van der Waals surface area contributed by atoms with Crippen LogP contribution in [-0.2, 0) is 0 Å². The first-order chi connectivity index (χ1) is 32.2. The molecule has 9 aromatic carbocycles. The summed E-state index contributed by atoms with van der Waals surface area (Å²) in [5, 5.41) is 2.41. The van der Waals surface area contributed by atoms with Crippen molar-refractivity contribution in [3.63, 3.8) is 0 Å². The molecular weight excluding hydrogens is 822 g/mol. The zero-order chi connectivity index (χ0) is 44.8. The summed E-state index contributed by atoms with van der Waals surface area (Å²) >= 11 is 1.86. The van der Waals surface area contributed by atoms with Crippen LogP contribution in [0.2, 0.25) is 0 Å². The summed E-state index contributed by atoms with van der Waals surface area (Å²) < 4.78 is 10.3. The second-order valence-corrected chi connectivity index (χ2v) is 19.4. The summed E-state index contributed by atoms with van der Waals surface area (Å²) in [4.78, 5) is 7.29. The first kappa shape index (κ1) is 40.0. The van der Waals surface area contributed by atoms with Gasteiger partial charge in [0.2, 0.25) is 0 Å². The van der Waals surface area contributed by atoms with E-state index in [9.17, 15) is 0 Å². The van der Waals surface area contributed by atoms with Crippen LogP contribution < -0.4 is 35.8 Å². The predicted octanol–water partition coefficient (Wildman–Crippen LogP) is 15.2. The van der Waals surface area contributed by atoms with Crippen molar-refractivity contribution in [2.45, 2.75) is 41.5 Å². The number of hydrogen-bond donors (Lipinski definition) is 0. The van der Waals surface area contributed by atoms with Crippen LogP contribution in [0, 0.1) is 41.5 Å². The zero-order valence-electron chi connectivity index (χ0n) is 38.1. The van der Waals surface area contributed by atoms with E-state index in [0.29, 0.717) is 0 Å². The number of benzene rings is 9. The van der Waals surface area contributed by atoms with Gasteiger partial charge in [-0.3, -0.25) is 0 Å². The molecule has 0 atom stereocenters. The Morgan fingerprint density at radius 3 is 1.53 bits per heavy atom. The molecule has 10 aromatic rings. The Balaban J connectivity index is 1.21. The first-order valence-electron chi connectivity index (χ1n) is 22.8. The average molecular weight is 870 g/mol. The van der Waals surface area contributed by atoms with Crippen LogP contribution in [-0.4, -0.2) is 6.71 Å². The number of hydrogen-bond acceptors (Lipinski definition) is 5. The lowest BCUT2D eigenvalue weighted by atomic mass is 9.34. The summed E-state index contributed by atoms with van der Waals surface area (Å²) in [6.07, 6.45) is 0. The van der Waals surface area contributed by atoms with Crippen molar-refractivity contribution in [2.75, 3.05) is 14.7 Å². The quantitative estimate of drug-likeness (QED) is 0.149. The highest BCUT2D eigenvalue weighted by atomic mass is 32.1. The Hall–Kier alpha value is -7.54. The Bertz CT molecular complexity index is 3410. The lowest BCUT2D eigenvalue weighted by molar-refractivity contribution is 0.489. The minimum Gasteiger partial charge on any atom is -0.456 e. The van der Waals surface area contributed by atoms with Crippen molar-refractivity contribution < 1.29 is 4.74 Å². The van der Waals surface area contributed by atoms with E-state index in [-0.39, 0.29) is 6.71 Å². The molecule has 3 heterocycles. The molecule has 1 aromatic heterocycles. The largest absolute Gasteiger partial charge is 0.456 e. The van der Waals surface area contributed by atoms with E-state index in [1.807, 2.05) is 11.3 Å². The van der Waals surface area contributed by atoms with Crippen LogP contribution in [0.3, 0.4) is 0 Å². The first-order valence-corrected chi connectivity index (χ1v) is 23.7. The summed E-state index contributed by atoms with van der Waals surface area (Å²) in [5.74, 6) is 1.72. The molecule has 66 heavy (non-hydrogen) atoms. The summed E-state index contributed by atoms with van der Waals surface area (Å²) in [5.41, 5.74) is 20.7. The molecule has 0 unspecified atom stereocenters. The summed E-state index contributed by atoms with van der Waals surface area (Å²) in [6, 6.07) is 67.5. The lowest BCUT2D eigenvalue weighted by Gasteiger charge is -2.42. The molecule has 0 radical (unpaired) electrons. The molecule has 0 amide bonds. The van der Waals surface area contributed by atoms with E-state index in [4.69, 9.17) is 4.74 Å². The van der Waals surface area contributed by atoms with Gasteiger partial charge in [-0.25, -0.2) is 0 Å². The fraction of sp³-hybridized carbons (Fsp3) is 0.100.